The summed E-state index contributed by atoms with van der Waals surface area (Å²) in [5, 5.41) is 2.08. The minimum Gasteiger partial charge on any atom is -0.355 e. The van der Waals surface area contributed by atoms with E-state index in [4.69, 9.17) is 0 Å². The molecule has 1 aliphatic heterocycles. The molecular formula is C12H14FNO2S. The lowest BCUT2D eigenvalue weighted by Crippen LogP contribution is -2.35. The van der Waals surface area contributed by atoms with Crippen LogP contribution in [0, 0.1) is 5.82 Å². The van der Waals surface area contributed by atoms with Crippen molar-refractivity contribution in [1.29, 1.82) is 0 Å². The number of benzene rings is 1. The zero-order chi connectivity index (χ0) is 12.3. The number of carbonyl (C=O) groups excluding carboxylic acids is 1. The molecule has 2 unspecified atom stereocenters. The van der Waals surface area contributed by atoms with Gasteiger partial charge in [-0.2, -0.15) is 0 Å². The maximum atomic E-state index is 13.5. The van der Waals surface area contributed by atoms with E-state index < -0.39 is 21.9 Å². The predicted octanol–water partition coefficient (Wildman–Crippen LogP) is 1.60. The highest BCUT2D eigenvalue weighted by Gasteiger charge is 2.28. The number of nitrogens with one attached hydrogen (secondary N) is 1. The first kappa shape index (κ1) is 12.2. The molecule has 0 saturated carbocycles. The van der Waals surface area contributed by atoms with E-state index in [1.165, 1.54) is 12.1 Å². The summed E-state index contributed by atoms with van der Waals surface area (Å²) in [5.41, 5.74) is 0. The standard InChI is InChI=1S/C12H14FNO2S/c13-9-5-1-2-6-10(9)17(16)11-7-3-4-8-14-12(11)15/h1-2,5-6,11H,3-4,7-8H2,(H,14,15). The van der Waals surface area contributed by atoms with Gasteiger partial charge in [0.1, 0.15) is 11.1 Å². The van der Waals surface area contributed by atoms with Crippen molar-refractivity contribution in [3.63, 3.8) is 0 Å². The number of amides is 1. The summed E-state index contributed by atoms with van der Waals surface area (Å²) < 4.78 is 25.7. The maximum absolute atomic E-state index is 13.5. The molecule has 92 valence electrons. The van der Waals surface area contributed by atoms with Crippen LogP contribution in [-0.2, 0) is 15.6 Å². The average molecular weight is 255 g/mol. The van der Waals surface area contributed by atoms with Crippen LogP contribution in [0.2, 0.25) is 0 Å². The van der Waals surface area contributed by atoms with Crippen molar-refractivity contribution in [2.45, 2.75) is 29.4 Å². The van der Waals surface area contributed by atoms with Crippen molar-refractivity contribution in [3.05, 3.63) is 30.1 Å². The Morgan fingerprint density at radius 2 is 2.06 bits per heavy atom. The van der Waals surface area contributed by atoms with Gasteiger partial charge in [0.2, 0.25) is 5.91 Å². The minimum absolute atomic E-state index is 0.120. The third-order valence-corrected chi connectivity index (χ3v) is 4.53. The van der Waals surface area contributed by atoms with Crippen molar-refractivity contribution >= 4 is 16.7 Å². The molecule has 0 aromatic heterocycles. The number of halogens is 1. The highest BCUT2D eigenvalue weighted by molar-refractivity contribution is 7.86. The normalized spacial score (nSPS) is 22.6. The van der Waals surface area contributed by atoms with E-state index in [0.717, 1.165) is 12.8 Å². The summed E-state index contributed by atoms with van der Waals surface area (Å²) in [7, 11) is -1.61. The zero-order valence-electron chi connectivity index (χ0n) is 9.32. The van der Waals surface area contributed by atoms with E-state index >= 15 is 0 Å². The third-order valence-electron chi connectivity index (χ3n) is 2.80. The smallest absolute Gasteiger partial charge is 0.236 e. The minimum atomic E-state index is -1.61. The van der Waals surface area contributed by atoms with Gasteiger partial charge >= 0.3 is 0 Å². The first-order chi connectivity index (χ1) is 8.20. The Labute approximate surface area is 102 Å². The van der Waals surface area contributed by atoms with Crippen LogP contribution in [0.15, 0.2) is 29.2 Å². The quantitative estimate of drug-likeness (QED) is 0.872. The molecule has 3 nitrogen and oxygen atoms in total. The van der Waals surface area contributed by atoms with Gasteiger partial charge in [0.25, 0.3) is 0 Å². The monoisotopic (exact) mass is 255 g/mol. The first-order valence-corrected chi connectivity index (χ1v) is 6.84. The lowest BCUT2D eigenvalue weighted by molar-refractivity contribution is -0.120. The van der Waals surface area contributed by atoms with Crippen LogP contribution < -0.4 is 5.32 Å². The Morgan fingerprint density at radius 1 is 1.29 bits per heavy atom. The van der Waals surface area contributed by atoms with Gasteiger partial charge in [-0.15, -0.1) is 0 Å². The Balaban J connectivity index is 2.24. The second kappa shape index (κ2) is 5.40. The summed E-state index contributed by atoms with van der Waals surface area (Å²) in [4.78, 5) is 11.8. The molecule has 1 saturated heterocycles. The first-order valence-electron chi connectivity index (χ1n) is 5.63. The molecule has 1 aromatic rings. The molecule has 1 amide bonds. The summed E-state index contributed by atoms with van der Waals surface area (Å²) in [6, 6.07) is 5.92. The Hall–Kier alpha value is -1.23. The highest BCUT2D eigenvalue weighted by Crippen LogP contribution is 2.20. The van der Waals surface area contributed by atoms with Gasteiger partial charge in [-0.25, -0.2) is 4.39 Å². The summed E-state index contributed by atoms with van der Waals surface area (Å²) in [5.74, 6) is -0.744. The molecule has 0 aliphatic carbocycles. The largest absolute Gasteiger partial charge is 0.355 e. The molecule has 1 fully saturated rings. The van der Waals surface area contributed by atoms with Gasteiger partial charge in [0.15, 0.2) is 0 Å². The van der Waals surface area contributed by atoms with Crippen molar-refractivity contribution in [2.24, 2.45) is 0 Å². The van der Waals surface area contributed by atoms with E-state index in [-0.39, 0.29) is 10.8 Å². The molecule has 1 heterocycles. The number of hydrogen-bond acceptors (Lipinski definition) is 2. The van der Waals surface area contributed by atoms with E-state index in [2.05, 4.69) is 5.32 Å². The Morgan fingerprint density at radius 3 is 2.82 bits per heavy atom. The van der Waals surface area contributed by atoms with Crippen molar-refractivity contribution in [1.82, 2.24) is 5.32 Å². The van der Waals surface area contributed by atoms with Crippen LogP contribution in [0.3, 0.4) is 0 Å². The van der Waals surface area contributed by atoms with Crippen molar-refractivity contribution in [2.75, 3.05) is 6.54 Å². The lowest BCUT2D eigenvalue weighted by atomic mass is 10.2. The number of hydrogen-bond donors (Lipinski definition) is 1. The van der Waals surface area contributed by atoms with Gasteiger partial charge in [-0.05, 0) is 31.4 Å². The molecule has 0 radical (unpaired) electrons. The van der Waals surface area contributed by atoms with Crippen LogP contribution in [0.5, 0.6) is 0 Å². The van der Waals surface area contributed by atoms with Gasteiger partial charge in [0, 0.05) is 6.54 Å². The third kappa shape index (κ3) is 2.72. The SMILES string of the molecule is O=C1NCCCCC1S(=O)c1ccccc1F. The molecule has 5 heteroatoms. The Bertz CT molecular complexity index is 450. The van der Waals surface area contributed by atoms with E-state index in [1.807, 2.05) is 0 Å². The number of carbonyl (C=O) groups is 1. The molecule has 2 atom stereocenters. The molecule has 1 N–H and O–H groups in total. The molecule has 2 rings (SSSR count). The topological polar surface area (TPSA) is 46.2 Å². The zero-order valence-corrected chi connectivity index (χ0v) is 10.1. The van der Waals surface area contributed by atoms with Crippen LogP contribution in [0.1, 0.15) is 19.3 Å². The molecular weight excluding hydrogens is 241 g/mol. The fourth-order valence-electron chi connectivity index (χ4n) is 1.88. The Kier molecular flexibility index (Phi) is 3.89. The van der Waals surface area contributed by atoms with Crippen molar-refractivity contribution < 1.29 is 13.4 Å². The van der Waals surface area contributed by atoms with E-state index in [0.29, 0.717) is 13.0 Å². The van der Waals surface area contributed by atoms with E-state index in [1.54, 1.807) is 12.1 Å². The molecule has 1 aliphatic rings. The van der Waals surface area contributed by atoms with Gasteiger partial charge in [-0.1, -0.05) is 12.1 Å². The second-order valence-corrected chi connectivity index (χ2v) is 5.61. The van der Waals surface area contributed by atoms with E-state index in [9.17, 15) is 13.4 Å². The fourth-order valence-corrected chi connectivity index (χ4v) is 3.31. The molecule has 0 bridgehead atoms. The molecule has 1 aromatic carbocycles. The van der Waals surface area contributed by atoms with Crippen LogP contribution in [0.4, 0.5) is 4.39 Å². The lowest BCUT2D eigenvalue weighted by Gasteiger charge is -2.13. The number of rotatable bonds is 2. The molecule has 17 heavy (non-hydrogen) atoms. The van der Waals surface area contributed by atoms with Crippen molar-refractivity contribution in [3.8, 4) is 0 Å². The highest BCUT2D eigenvalue weighted by atomic mass is 32.2. The maximum Gasteiger partial charge on any atom is 0.236 e. The summed E-state index contributed by atoms with van der Waals surface area (Å²) in [6.07, 6.45) is 2.27. The van der Waals surface area contributed by atoms with Crippen LogP contribution in [-0.4, -0.2) is 21.9 Å². The van der Waals surface area contributed by atoms with Gasteiger partial charge in [-0.3, -0.25) is 9.00 Å². The average Bonchev–Trinajstić information content (AvgIpc) is 2.54. The second-order valence-electron chi connectivity index (χ2n) is 4.00. The molecule has 0 spiro atoms. The van der Waals surface area contributed by atoms with Crippen LogP contribution in [0.25, 0.3) is 0 Å². The predicted molar refractivity (Wildman–Crippen MR) is 63.5 cm³/mol. The summed E-state index contributed by atoms with van der Waals surface area (Å²) >= 11 is 0. The fraction of sp³-hybridized carbons (Fsp3) is 0.417. The van der Waals surface area contributed by atoms with Gasteiger partial charge in [0.05, 0.1) is 15.7 Å². The summed E-state index contributed by atoms with van der Waals surface area (Å²) in [6.45, 7) is 0.615. The van der Waals surface area contributed by atoms with Crippen LogP contribution >= 0.6 is 0 Å². The van der Waals surface area contributed by atoms with Gasteiger partial charge < -0.3 is 5.32 Å².